The van der Waals surface area contributed by atoms with Crippen molar-refractivity contribution < 1.29 is 18.4 Å². The monoisotopic (exact) mass is 220 g/mol. The van der Waals surface area contributed by atoms with E-state index in [4.69, 9.17) is 10.9 Å². The van der Waals surface area contributed by atoms with E-state index < -0.39 is 17.7 Å². The zero-order valence-electron chi connectivity index (χ0n) is 7.58. The molecule has 1 aromatic rings. The van der Waals surface area contributed by atoms with Crippen LogP contribution in [0.4, 0.5) is 13.2 Å². The van der Waals surface area contributed by atoms with E-state index in [9.17, 15) is 13.2 Å². The van der Waals surface area contributed by atoms with Gasteiger partial charge in [0, 0.05) is 0 Å². The van der Waals surface area contributed by atoms with Gasteiger partial charge in [0.25, 0.3) is 0 Å². The predicted octanol–water partition coefficient (Wildman–Crippen LogP) is 0.898. The van der Waals surface area contributed by atoms with E-state index in [-0.39, 0.29) is 11.5 Å². The Balaban J connectivity index is 3.29. The molecule has 1 aromatic heterocycles. The minimum Gasteiger partial charge on any atom is -0.409 e. The highest BCUT2D eigenvalue weighted by Gasteiger charge is 2.33. The Morgan fingerprint density at radius 2 is 2.07 bits per heavy atom. The summed E-state index contributed by atoms with van der Waals surface area (Å²) >= 11 is 0. The third-order valence-electron chi connectivity index (χ3n) is 1.50. The molecule has 1 heterocycles. The molecule has 3 N–H and O–H groups in total. The summed E-state index contributed by atoms with van der Waals surface area (Å²) in [6.07, 6.45) is -4.59. The van der Waals surface area contributed by atoms with Gasteiger partial charge in [-0.25, -0.2) is 9.97 Å². The van der Waals surface area contributed by atoms with Gasteiger partial charge in [-0.1, -0.05) is 5.16 Å². The van der Waals surface area contributed by atoms with Gasteiger partial charge in [0.1, 0.15) is 17.2 Å². The molecule has 5 nitrogen and oxygen atoms in total. The van der Waals surface area contributed by atoms with Crippen LogP contribution in [0.3, 0.4) is 0 Å². The first-order chi connectivity index (χ1) is 6.84. The van der Waals surface area contributed by atoms with Gasteiger partial charge < -0.3 is 10.9 Å². The molecule has 0 bridgehead atoms. The van der Waals surface area contributed by atoms with Crippen LogP contribution in [0.1, 0.15) is 17.2 Å². The van der Waals surface area contributed by atoms with Crippen LogP contribution in [0.2, 0.25) is 0 Å². The van der Waals surface area contributed by atoms with Crippen LogP contribution in [0, 0.1) is 6.92 Å². The van der Waals surface area contributed by atoms with Crippen LogP contribution in [-0.2, 0) is 6.18 Å². The smallest absolute Gasteiger partial charge is 0.409 e. The molecule has 0 aliphatic heterocycles. The first kappa shape index (κ1) is 11.2. The summed E-state index contributed by atoms with van der Waals surface area (Å²) in [5.74, 6) is -0.600. The third kappa shape index (κ3) is 2.55. The fourth-order valence-electron chi connectivity index (χ4n) is 0.895. The van der Waals surface area contributed by atoms with Gasteiger partial charge in [-0.15, -0.1) is 0 Å². The average Bonchev–Trinajstić information content (AvgIpc) is 2.14. The van der Waals surface area contributed by atoms with Crippen molar-refractivity contribution in [2.45, 2.75) is 13.1 Å². The molecule has 0 saturated heterocycles. The van der Waals surface area contributed by atoms with Crippen molar-refractivity contribution >= 4 is 5.84 Å². The molecule has 0 radical (unpaired) electrons. The highest BCUT2D eigenvalue weighted by atomic mass is 19.4. The molecule has 1 rings (SSSR count). The quantitative estimate of drug-likeness (QED) is 0.318. The van der Waals surface area contributed by atoms with E-state index in [2.05, 4.69) is 15.1 Å². The van der Waals surface area contributed by atoms with E-state index in [0.29, 0.717) is 6.07 Å². The van der Waals surface area contributed by atoms with Gasteiger partial charge in [-0.3, -0.25) is 0 Å². The molecular weight excluding hydrogens is 213 g/mol. The summed E-state index contributed by atoms with van der Waals surface area (Å²) < 4.78 is 36.8. The molecule has 0 unspecified atom stereocenters. The standard InChI is InChI=1S/C7H7F3N4O/c1-3-12-4(6(11)14-15)2-5(13-3)7(8,9)10/h2,15H,1H3,(H2,11,14). The summed E-state index contributed by atoms with van der Waals surface area (Å²) in [6, 6.07) is 0.613. The lowest BCUT2D eigenvalue weighted by atomic mass is 10.3. The van der Waals surface area contributed by atoms with Gasteiger partial charge in [-0.2, -0.15) is 13.2 Å². The number of hydrogen-bond donors (Lipinski definition) is 2. The number of oxime groups is 1. The van der Waals surface area contributed by atoms with E-state index in [1.54, 1.807) is 0 Å². The van der Waals surface area contributed by atoms with Crippen molar-refractivity contribution in [3.05, 3.63) is 23.3 Å². The van der Waals surface area contributed by atoms with Crippen molar-refractivity contribution in [2.24, 2.45) is 10.9 Å². The molecule has 0 spiro atoms. The maximum absolute atomic E-state index is 12.3. The summed E-state index contributed by atoms with van der Waals surface area (Å²) in [5, 5.41) is 10.9. The van der Waals surface area contributed by atoms with Crippen LogP contribution in [0.25, 0.3) is 0 Å². The highest BCUT2D eigenvalue weighted by molar-refractivity contribution is 5.95. The summed E-state index contributed by atoms with van der Waals surface area (Å²) in [4.78, 5) is 6.78. The Hall–Kier alpha value is -1.86. The van der Waals surface area contributed by atoms with Crippen molar-refractivity contribution in [2.75, 3.05) is 0 Å². The van der Waals surface area contributed by atoms with Crippen LogP contribution in [0.15, 0.2) is 11.2 Å². The van der Waals surface area contributed by atoms with Gasteiger partial charge in [0.05, 0.1) is 0 Å². The molecule has 0 aliphatic carbocycles. The first-order valence-electron chi connectivity index (χ1n) is 3.75. The maximum atomic E-state index is 12.3. The number of aromatic nitrogens is 2. The number of hydrogen-bond acceptors (Lipinski definition) is 4. The molecule has 0 aliphatic rings. The third-order valence-corrected chi connectivity index (χ3v) is 1.50. The zero-order valence-corrected chi connectivity index (χ0v) is 7.58. The summed E-state index contributed by atoms with van der Waals surface area (Å²) in [5.41, 5.74) is 3.72. The van der Waals surface area contributed by atoms with Crippen LogP contribution in [0.5, 0.6) is 0 Å². The average molecular weight is 220 g/mol. The second-order valence-corrected chi connectivity index (χ2v) is 2.67. The fourth-order valence-corrected chi connectivity index (χ4v) is 0.895. The number of nitrogens with zero attached hydrogens (tertiary/aromatic N) is 3. The second-order valence-electron chi connectivity index (χ2n) is 2.67. The number of amidine groups is 1. The second kappa shape index (κ2) is 3.71. The lowest BCUT2D eigenvalue weighted by Gasteiger charge is -2.07. The number of nitrogens with two attached hydrogens (primary N) is 1. The highest BCUT2D eigenvalue weighted by Crippen LogP contribution is 2.27. The summed E-state index contributed by atoms with van der Waals surface area (Å²) in [6.45, 7) is 1.28. The van der Waals surface area contributed by atoms with Gasteiger partial charge in [0.2, 0.25) is 0 Å². The minimum absolute atomic E-state index is 0.105. The van der Waals surface area contributed by atoms with Gasteiger partial charge in [0.15, 0.2) is 5.84 Å². The maximum Gasteiger partial charge on any atom is 0.433 e. The van der Waals surface area contributed by atoms with Crippen LogP contribution < -0.4 is 5.73 Å². The Bertz CT molecular complexity index is 402. The normalized spacial score (nSPS) is 12.9. The minimum atomic E-state index is -4.59. The SMILES string of the molecule is Cc1nc(/C(N)=N/O)cc(C(F)(F)F)n1. The van der Waals surface area contributed by atoms with Crippen molar-refractivity contribution in [3.8, 4) is 0 Å². The number of rotatable bonds is 1. The van der Waals surface area contributed by atoms with Crippen molar-refractivity contribution in [3.63, 3.8) is 0 Å². The topological polar surface area (TPSA) is 84.4 Å². The fraction of sp³-hybridized carbons (Fsp3) is 0.286. The Kier molecular flexibility index (Phi) is 2.78. The largest absolute Gasteiger partial charge is 0.433 e. The zero-order chi connectivity index (χ0) is 11.6. The molecule has 82 valence electrons. The lowest BCUT2D eigenvalue weighted by molar-refractivity contribution is -0.141. The Morgan fingerprint density at radius 1 is 1.47 bits per heavy atom. The number of alkyl halides is 3. The Labute approximate surface area is 82.4 Å². The number of halogens is 3. The predicted molar refractivity (Wildman–Crippen MR) is 44.3 cm³/mol. The molecule has 0 aromatic carbocycles. The molecular formula is C7H7F3N4O. The van der Waals surface area contributed by atoms with Gasteiger partial charge in [-0.05, 0) is 13.0 Å². The lowest BCUT2D eigenvalue weighted by Crippen LogP contribution is -2.19. The van der Waals surface area contributed by atoms with E-state index >= 15 is 0 Å². The first-order valence-corrected chi connectivity index (χ1v) is 3.75. The van der Waals surface area contributed by atoms with Crippen LogP contribution >= 0.6 is 0 Å². The van der Waals surface area contributed by atoms with E-state index in [1.807, 2.05) is 0 Å². The molecule has 0 amide bonds. The van der Waals surface area contributed by atoms with Crippen molar-refractivity contribution in [1.29, 1.82) is 0 Å². The van der Waals surface area contributed by atoms with Crippen molar-refractivity contribution in [1.82, 2.24) is 9.97 Å². The van der Waals surface area contributed by atoms with Gasteiger partial charge >= 0.3 is 6.18 Å². The Morgan fingerprint density at radius 3 is 2.53 bits per heavy atom. The molecule has 0 atom stereocenters. The molecule has 15 heavy (non-hydrogen) atoms. The van der Waals surface area contributed by atoms with E-state index in [0.717, 1.165) is 0 Å². The summed E-state index contributed by atoms with van der Waals surface area (Å²) in [7, 11) is 0. The number of aryl methyl sites for hydroxylation is 1. The van der Waals surface area contributed by atoms with Crippen LogP contribution in [-0.4, -0.2) is 21.0 Å². The molecule has 0 fully saturated rings. The molecule has 0 saturated carbocycles. The van der Waals surface area contributed by atoms with E-state index in [1.165, 1.54) is 6.92 Å². The molecule has 8 heteroatoms.